The van der Waals surface area contributed by atoms with Crippen LogP contribution in [0, 0.1) is 41.4 Å². The van der Waals surface area contributed by atoms with Crippen LogP contribution in [-0.4, -0.2) is 33.4 Å². The molecule has 2 saturated heterocycles. The van der Waals surface area contributed by atoms with Crippen LogP contribution < -0.4 is 0 Å². The van der Waals surface area contributed by atoms with Gasteiger partial charge < -0.3 is 0 Å². The highest BCUT2D eigenvalue weighted by molar-refractivity contribution is 6.09. The molecule has 4 aliphatic carbocycles. The molecule has 4 amide bonds. The summed E-state index contributed by atoms with van der Waals surface area (Å²) in [5, 5.41) is 0. The van der Waals surface area contributed by atoms with Gasteiger partial charge in [0.25, 0.3) is 0 Å². The standard InChI is InChI=1S/C36H30N2O4/c39-33-27-18-26(23-14-8-3-9-15-23)28-24-16-17-25(29(28)32(27)36(42)37(33)19-21-10-4-1-5-11-21)31-30(24)34(40)38(35(31)41)20-22-12-6-2-7-13-22/h1-17,24-25,27,29-32H,18-20H2/t24-,25+,27-,29+,30-,31-,32-/m1/s1. The van der Waals surface area contributed by atoms with Crippen LogP contribution in [0.25, 0.3) is 5.57 Å². The lowest BCUT2D eigenvalue weighted by Crippen LogP contribution is -2.51. The van der Waals surface area contributed by atoms with Crippen molar-refractivity contribution < 1.29 is 19.2 Å². The van der Waals surface area contributed by atoms with E-state index in [1.54, 1.807) is 0 Å². The Labute approximate surface area is 244 Å². The molecule has 2 aliphatic heterocycles. The van der Waals surface area contributed by atoms with Crippen LogP contribution in [0.1, 0.15) is 23.1 Å². The Bertz CT molecular complexity index is 1680. The molecule has 2 heterocycles. The largest absolute Gasteiger partial charge is 0.278 e. The van der Waals surface area contributed by atoms with Crippen molar-refractivity contribution in [3.63, 3.8) is 0 Å². The van der Waals surface area contributed by atoms with Gasteiger partial charge in [-0.3, -0.25) is 29.0 Å². The molecule has 208 valence electrons. The summed E-state index contributed by atoms with van der Waals surface area (Å²) >= 11 is 0. The first kappa shape index (κ1) is 25.2. The number of hydrogen-bond acceptors (Lipinski definition) is 4. The molecule has 1 saturated carbocycles. The van der Waals surface area contributed by atoms with E-state index in [9.17, 15) is 19.2 Å². The van der Waals surface area contributed by atoms with Gasteiger partial charge in [-0.1, -0.05) is 109 Å². The van der Waals surface area contributed by atoms with Crippen molar-refractivity contribution in [3.8, 4) is 0 Å². The zero-order chi connectivity index (χ0) is 28.5. The first-order valence-corrected chi connectivity index (χ1v) is 14.8. The number of allylic oxidation sites excluding steroid dienone is 4. The molecule has 6 heteroatoms. The molecule has 3 fully saturated rings. The maximum atomic E-state index is 14.2. The van der Waals surface area contributed by atoms with E-state index in [1.165, 1.54) is 9.80 Å². The third-order valence-corrected chi connectivity index (χ3v) is 10.2. The zero-order valence-electron chi connectivity index (χ0n) is 23.0. The van der Waals surface area contributed by atoms with Gasteiger partial charge in [0, 0.05) is 11.8 Å². The normalized spacial score (nSPS) is 31.1. The minimum absolute atomic E-state index is 0.131. The molecular weight excluding hydrogens is 524 g/mol. The maximum Gasteiger partial charge on any atom is 0.234 e. The second-order valence-electron chi connectivity index (χ2n) is 12.2. The molecule has 0 radical (unpaired) electrons. The van der Waals surface area contributed by atoms with E-state index < -0.39 is 23.7 Å². The van der Waals surface area contributed by atoms with Gasteiger partial charge in [-0.05, 0) is 34.6 Å². The highest BCUT2D eigenvalue weighted by atomic mass is 16.2. The Morgan fingerprint density at radius 1 is 0.548 bits per heavy atom. The molecule has 9 rings (SSSR count). The van der Waals surface area contributed by atoms with Gasteiger partial charge in [-0.15, -0.1) is 0 Å². The van der Waals surface area contributed by atoms with E-state index in [0.717, 1.165) is 27.8 Å². The fourth-order valence-corrected chi connectivity index (χ4v) is 8.49. The molecule has 0 spiro atoms. The first-order valence-electron chi connectivity index (χ1n) is 14.8. The lowest BCUT2D eigenvalue weighted by Gasteiger charge is -2.51. The molecule has 2 bridgehead atoms. The average molecular weight is 555 g/mol. The summed E-state index contributed by atoms with van der Waals surface area (Å²) < 4.78 is 0. The number of hydrogen-bond donors (Lipinski definition) is 0. The highest BCUT2D eigenvalue weighted by Crippen LogP contribution is 2.63. The molecule has 6 aliphatic rings. The molecule has 0 N–H and O–H groups in total. The van der Waals surface area contributed by atoms with Crippen molar-refractivity contribution in [2.75, 3.05) is 0 Å². The Kier molecular flexibility index (Phi) is 5.68. The van der Waals surface area contributed by atoms with Gasteiger partial charge in [0.15, 0.2) is 0 Å². The zero-order valence-corrected chi connectivity index (χ0v) is 23.0. The van der Waals surface area contributed by atoms with Crippen molar-refractivity contribution in [3.05, 3.63) is 125 Å². The second kappa shape index (κ2) is 9.48. The number of rotatable bonds is 5. The van der Waals surface area contributed by atoms with E-state index in [2.05, 4.69) is 24.3 Å². The number of carbonyl (C=O) groups is 4. The number of amides is 4. The van der Waals surface area contributed by atoms with Gasteiger partial charge in [0.05, 0.1) is 36.8 Å². The SMILES string of the molecule is O=C1[C@@H]2[C@H]3C=C[C@H](C4=C(c5ccccc5)C[C@H]5C(=O)N(Cc6ccccc6)C(=O)[C@H]5[C@H]43)[C@H]2C(=O)N1Cc1ccccc1. The van der Waals surface area contributed by atoms with Crippen LogP contribution in [0.5, 0.6) is 0 Å². The Morgan fingerprint density at radius 3 is 1.69 bits per heavy atom. The van der Waals surface area contributed by atoms with Gasteiger partial charge in [-0.2, -0.15) is 0 Å². The van der Waals surface area contributed by atoms with E-state index >= 15 is 0 Å². The Morgan fingerprint density at radius 2 is 1.07 bits per heavy atom. The lowest BCUT2D eigenvalue weighted by atomic mass is 9.49. The summed E-state index contributed by atoms with van der Waals surface area (Å²) in [4.78, 5) is 59.0. The van der Waals surface area contributed by atoms with Crippen molar-refractivity contribution in [1.82, 2.24) is 9.80 Å². The molecule has 7 atom stereocenters. The van der Waals surface area contributed by atoms with Crippen LogP contribution in [0.15, 0.2) is 109 Å². The summed E-state index contributed by atoms with van der Waals surface area (Å²) in [6.45, 7) is 0.487. The van der Waals surface area contributed by atoms with Gasteiger partial charge >= 0.3 is 0 Å². The third kappa shape index (κ3) is 3.57. The summed E-state index contributed by atoms with van der Waals surface area (Å²) in [7, 11) is 0. The number of likely N-dealkylation sites (tertiary alicyclic amines) is 2. The number of fused-ring (bicyclic) bond motifs is 1. The fraction of sp³-hybridized carbons (Fsp3) is 0.278. The molecule has 42 heavy (non-hydrogen) atoms. The van der Waals surface area contributed by atoms with E-state index in [4.69, 9.17) is 0 Å². The minimum Gasteiger partial charge on any atom is -0.278 e. The Hall–Kier alpha value is -4.58. The summed E-state index contributed by atoms with van der Waals surface area (Å²) in [5.74, 6) is -3.48. The average Bonchev–Trinajstić information content (AvgIpc) is 3.43. The van der Waals surface area contributed by atoms with Crippen LogP contribution in [0.2, 0.25) is 0 Å². The number of nitrogens with zero attached hydrogens (tertiary/aromatic N) is 2. The van der Waals surface area contributed by atoms with E-state index in [0.29, 0.717) is 6.42 Å². The fourth-order valence-electron chi connectivity index (χ4n) is 8.49. The quantitative estimate of drug-likeness (QED) is 0.333. The van der Waals surface area contributed by atoms with Crippen LogP contribution in [0.3, 0.4) is 0 Å². The smallest absolute Gasteiger partial charge is 0.234 e. The summed E-state index contributed by atoms with van der Waals surface area (Å²) in [5.41, 5.74) is 4.99. The molecule has 3 aromatic rings. The van der Waals surface area contributed by atoms with Crippen LogP contribution in [0.4, 0.5) is 0 Å². The molecule has 6 nitrogen and oxygen atoms in total. The minimum atomic E-state index is -0.534. The van der Waals surface area contributed by atoms with Crippen LogP contribution >= 0.6 is 0 Å². The first-order chi connectivity index (χ1) is 20.5. The molecule has 0 aromatic heterocycles. The van der Waals surface area contributed by atoms with Crippen LogP contribution in [-0.2, 0) is 32.3 Å². The van der Waals surface area contributed by atoms with Crippen molar-refractivity contribution >= 4 is 29.2 Å². The topological polar surface area (TPSA) is 74.8 Å². The van der Waals surface area contributed by atoms with Crippen molar-refractivity contribution in [1.29, 1.82) is 0 Å². The predicted octanol–water partition coefficient (Wildman–Crippen LogP) is 4.88. The number of carbonyl (C=O) groups excluding carboxylic acids is 4. The highest BCUT2D eigenvalue weighted by Gasteiger charge is 2.66. The van der Waals surface area contributed by atoms with E-state index in [1.807, 2.05) is 78.9 Å². The monoisotopic (exact) mass is 554 g/mol. The third-order valence-electron chi connectivity index (χ3n) is 10.2. The number of imide groups is 2. The summed E-state index contributed by atoms with van der Waals surface area (Å²) in [6, 6.07) is 29.2. The van der Waals surface area contributed by atoms with E-state index in [-0.39, 0.29) is 54.5 Å². The van der Waals surface area contributed by atoms with Crippen molar-refractivity contribution in [2.24, 2.45) is 41.4 Å². The molecule has 0 unspecified atom stereocenters. The molecular formula is C36H30N2O4. The van der Waals surface area contributed by atoms with Crippen molar-refractivity contribution in [2.45, 2.75) is 19.5 Å². The second-order valence-corrected chi connectivity index (χ2v) is 12.2. The van der Waals surface area contributed by atoms with Gasteiger partial charge in [0.2, 0.25) is 23.6 Å². The van der Waals surface area contributed by atoms with Gasteiger partial charge in [-0.25, -0.2) is 0 Å². The lowest BCUT2D eigenvalue weighted by molar-refractivity contribution is -0.143. The summed E-state index contributed by atoms with van der Waals surface area (Å²) in [6.07, 6.45) is 4.63. The number of benzene rings is 3. The van der Waals surface area contributed by atoms with Gasteiger partial charge in [0.1, 0.15) is 0 Å². The molecule has 3 aromatic carbocycles. The Balaban J connectivity index is 1.23. The predicted molar refractivity (Wildman–Crippen MR) is 156 cm³/mol. The maximum absolute atomic E-state index is 14.2.